The van der Waals surface area contributed by atoms with Crippen LogP contribution in [0.15, 0.2) is 41.8 Å². The van der Waals surface area contributed by atoms with Gasteiger partial charge in [0.2, 0.25) is 0 Å². The maximum atomic E-state index is 15.7. The predicted molar refractivity (Wildman–Crippen MR) is 149 cm³/mol. The molecule has 4 rings (SSSR count). The first-order valence-corrected chi connectivity index (χ1v) is 14.6. The standard InChI is InChI=1S/C29H40FN3O5S/c1-20(2)33-19-29(38-21(3)27(33)34)13-15-32(18-26(29)30)14-11-22-8-5-6-9-23(22)37-24(25-10-7-17-39-25)12-16-36-28(35)31-4/h5-10,17,20-21,24,26H,11-16,18-19H2,1-4H3,(H,31,35)/t21-,24?,26+,29-/m1/s1. The summed E-state index contributed by atoms with van der Waals surface area (Å²) in [5.41, 5.74) is 0.0980. The van der Waals surface area contributed by atoms with Gasteiger partial charge in [0.25, 0.3) is 5.91 Å². The van der Waals surface area contributed by atoms with Crippen molar-refractivity contribution < 1.29 is 28.2 Å². The summed E-state index contributed by atoms with van der Waals surface area (Å²) in [5, 5.41) is 4.46. The van der Waals surface area contributed by atoms with Crippen molar-refractivity contribution in [3.63, 3.8) is 0 Å². The number of likely N-dealkylation sites (tertiary alicyclic amines) is 1. The number of alkyl halides is 1. The second-order valence-corrected chi connectivity index (χ2v) is 11.5. The van der Waals surface area contributed by atoms with Crippen molar-refractivity contribution in [2.24, 2.45) is 0 Å². The summed E-state index contributed by atoms with van der Waals surface area (Å²) in [6, 6.07) is 11.9. The molecule has 0 bridgehead atoms. The molecule has 10 heteroatoms. The molecule has 2 fully saturated rings. The van der Waals surface area contributed by atoms with Crippen molar-refractivity contribution in [1.82, 2.24) is 15.1 Å². The number of benzene rings is 1. The molecule has 0 saturated carbocycles. The summed E-state index contributed by atoms with van der Waals surface area (Å²) in [7, 11) is 1.53. The minimum atomic E-state index is -1.18. The second kappa shape index (κ2) is 13.1. The Labute approximate surface area is 234 Å². The second-order valence-electron chi connectivity index (χ2n) is 10.6. The zero-order valence-corrected chi connectivity index (χ0v) is 24.0. The number of alkyl carbamates (subject to hydrolysis) is 1. The van der Waals surface area contributed by atoms with Crippen LogP contribution in [0.5, 0.6) is 5.75 Å². The highest BCUT2D eigenvalue weighted by Crippen LogP contribution is 2.36. The number of nitrogens with zero attached hydrogens (tertiary/aromatic N) is 2. The third-order valence-corrected chi connectivity index (χ3v) is 8.53. The van der Waals surface area contributed by atoms with Crippen LogP contribution in [-0.2, 0) is 20.7 Å². The van der Waals surface area contributed by atoms with Crippen LogP contribution in [0.25, 0.3) is 0 Å². The maximum absolute atomic E-state index is 15.7. The number of carbonyl (C=O) groups excluding carboxylic acids is 2. The van der Waals surface area contributed by atoms with Crippen LogP contribution >= 0.6 is 11.3 Å². The van der Waals surface area contributed by atoms with Gasteiger partial charge in [-0.2, -0.15) is 0 Å². The molecule has 2 aliphatic rings. The number of para-hydroxylation sites is 1. The molecule has 3 heterocycles. The first-order valence-electron chi connectivity index (χ1n) is 13.7. The number of rotatable bonds is 10. The summed E-state index contributed by atoms with van der Waals surface area (Å²) in [6.07, 6.45) is -0.765. The SMILES string of the molecule is CNC(=O)OCCC(Oc1ccccc1CCN1CC[C@@]2(CN(C(C)C)C(=O)[C@@H](C)O2)[C@@H](F)C1)c1cccs1. The molecule has 2 amide bonds. The molecule has 214 valence electrons. The Hall–Kier alpha value is -2.69. The number of hydrogen-bond donors (Lipinski definition) is 1. The summed E-state index contributed by atoms with van der Waals surface area (Å²) in [6.45, 7) is 7.83. The summed E-state index contributed by atoms with van der Waals surface area (Å²) >= 11 is 1.60. The molecular weight excluding hydrogens is 521 g/mol. The van der Waals surface area contributed by atoms with Gasteiger partial charge in [0.05, 0.1) is 13.2 Å². The van der Waals surface area contributed by atoms with Crippen LogP contribution in [0.4, 0.5) is 9.18 Å². The zero-order valence-electron chi connectivity index (χ0n) is 23.2. The van der Waals surface area contributed by atoms with Gasteiger partial charge in [0, 0.05) is 44.0 Å². The van der Waals surface area contributed by atoms with Gasteiger partial charge in [-0.15, -0.1) is 11.3 Å². The fraction of sp³-hybridized carbons (Fsp3) is 0.586. The van der Waals surface area contributed by atoms with E-state index in [2.05, 4.69) is 10.2 Å². The molecule has 1 aromatic carbocycles. The highest BCUT2D eigenvalue weighted by atomic mass is 32.1. The quantitative estimate of drug-likeness (QED) is 0.457. The van der Waals surface area contributed by atoms with Crippen LogP contribution in [0, 0.1) is 0 Å². The average molecular weight is 562 g/mol. The molecule has 2 aliphatic heterocycles. The van der Waals surface area contributed by atoms with Crippen LogP contribution in [0.3, 0.4) is 0 Å². The number of ether oxygens (including phenoxy) is 3. The maximum Gasteiger partial charge on any atom is 0.406 e. The van der Waals surface area contributed by atoms with Crippen molar-refractivity contribution in [3.05, 3.63) is 52.2 Å². The van der Waals surface area contributed by atoms with Gasteiger partial charge in [0.15, 0.2) is 0 Å². The Balaban J connectivity index is 1.37. The van der Waals surface area contributed by atoms with E-state index in [-0.39, 0.29) is 31.2 Å². The number of nitrogens with one attached hydrogen (secondary N) is 1. The smallest absolute Gasteiger partial charge is 0.406 e. The Bertz CT molecular complexity index is 1100. The minimum absolute atomic E-state index is 0.0100. The number of hydrogen-bond acceptors (Lipinski definition) is 7. The summed E-state index contributed by atoms with van der Waals surface area (Å²) in [4.78, 5) is 29.0. The molecule has 2 saturated heterocycles. The largest absolute Gasteiger partial charge is 0.484 e. The number of halogens is 1. The van der Waals surface area contributed by atoms with Gasteiger partial charge in [0.1, 0.15) is 29.7 Å². The lowest BCUT2D eigenvalue weighted by molar-refractivity contribution is -0.209. The lowest BCUT2D eigenvalue weighted by atomic mass is 9.86. The third-order valence-electron chi connectivity index (χ3n) is 7.56. The molecule has 1 aromatic heterocycles. The zero-order chi connectivity index (χ0) is 28.0. The molecule has 2 aromatic rings. The van der Waals surface area contributed by atoms with E-state index in [0.717, 1.165) is 16.2 Å². The molecule has 1 N–H and O–H groups in total. The Morgan fingerprint density at radius 1 is 1.28 bits per heavy atom. The molecule has 1 unspecified atom stereocenters. The molecule has 39 heavy (non-hydrogen) atoms. The molecular formula is C29H40FN3O5S. The molecule has 0 radical (unpaired) electrons. The normalized spacial score (nSPS) is 24.7. The fourth-order valence-corrected chi connectivity index (χ4v) is 6.09. The molecule has 0 aliphatic carbocycles. The van der Waals surface area contributed by atoms with E-state index in [0.29, 0.717) is 38.9 Å². The van der Waals surface area contributed by atoms with Crippen LogP contribution in [0.1, 0.15) is 50.2 Å². The number of piperidine rings is 1. The predicted octanol–water partition coefficient (Wildman–Crippen LogP) is 4.60. The van der Waals surface area contributed by atoms with Crippen molar-refractivity contribution in [3.8, 4) is 5.75 Å². The summed E-state index contributed by atoms with van der Waals surface area (Å²) in [5.74, 6) is 0.708. The van der Waals surface area contributed by atoms with E-state index in [1.807, 2.05) is 55.6 Å². The van der Waals surface area contributed by atoms with E-state index >= 15 is 4.39 Å². The minimum Gasteiger partial charge on any atom is -0.484 e. The Kier molecular flexibility index (Phi) is 9.85. The van der Waals surface area contributed by atoms with Crippen molar-refractivity contribution in [2.75, 3.05) is 39.8 Å². The van der Waals surface area contributed by atoms with E-state index in [9.17, 15) is 9.59 Å². The van der Waals surface area contributed by atoms with E-state index in [1.54, 1.807) is 23.2 Å². The third kappa shape index (κ3) is 7.10. The number of thiophene rings is 1. The van der Waals surface area contributed by atoms with Crippen LogP contribution in [0.2, 0.25) is 0 Å². The van der Waals surface area contributed by atoms with Gasteiger partial charge in [-0.3, -0.25) is 9.69 Å². The summed E-state index contributed by atoms with van der Waals surface area (Å²) < 4.78 is 33.4. The first kappa shape index (κ1) is 29.3. The number of morpholine rings is 1. The van der Waals surface area contributed by atoms with Gasteiger partial charge in [-0.05, 0) is 56.7 Å². The number of amides is 2. The molecule has 1 spiro atoms. The fourth-order valence-electron chi connectivity index (χ4n) is 5.30. The van der Waals surface area contributed by atoms with E-state index in [1.165, 1.54) is 7.05 Å². The molecule has 4 atom stereocenters. The van der Waals surface area contributed by atoms with Gasteiger partial charge in [-0.1, -0.05) is 24.3 Å². The van der Waals surface area contributed by atoms with Crippen LogP contribution in [-0.4, -0.2) is 85.6 Å². The number of carbonyl (C=O) groups is 2. The van der Waals surface area contributed by atoms with Gasteiger partial charge >= 0.3 is 6.09 Å². The highest BCUT2D eigenvalue weighted by molar-refractivity contribution is 7.10. The monoisotopic (exact) mass is 561 g/mol. The highest BCUT2D eigenvalue weighted by Gasteiger charge is 2.52. The lowest BCUT2D eigenvalue weighted by Gasteiger charge is -2.51. The van der Waals surface area contributed by atoms with Crippen LogP contribution < -0.4 is 10.1 Å². The Morgan fingerprint density at radius 2 is 2.08 bits per heavy atom. The van der Waals surface area contributed by atoms with Gasteiger partial charge < -0.3 is 24.4 Å². The molecule has 8 nitrogen and oxygen atoms in total. The van der Waals surface area contributed by atoms with Crippen molar-refractivity contribution >= 4 is 23.3 Å². The first-order chi connectivity index (χ1) is 18.7. The van der Waals surface area contributed by atoms with Crippen molar-refractivity contribution in [2.45, 2.75) is 70.1 Å². The Morgan fingerprint density at radius 3 is 2.77 bits per heavy atom. The van der Waals surface area contributed by atoms with E-state index in [4.69, 9.17) is 14.2 Å². The topological polar surface area (TPSA) is 80.3 Å². The van der Waals surface area contributed by atoms with E-state index < -0.39 is 24.0 Å². The van der Waals surface area contributed by atoms with Gasteiger partial charge in [-0.25, -0.2) is 9.18 Å². The lowest BCUT2D eigenvalue weighted by Crippen LogP contribution is -2.67. The average Bonchev–Trinajstić information content (AvgIpc) is 3.46. The van der Waals surface area contributed by atoms with Crippen molar-refractivity contribution in [1.29, 1.82) is 0 Å².